The Morgan fingerprint density at radius 3 is 2.90 bits per heavy atom. The van der Waals surface area contributed by atoms with Crippen LogP contribution in [0.1, 0.15) is 22.9 Å². The summed E-state index contributed by atoms with van der Waals surface area (Å²) in [5.41, 5.74) is 2.88. The zero-order valence-electron chi connectivity index (χ0n) is 11.7. The average molecular weight is 326 g/mol. The van der Waals surface area contributed by atoms with Gasteiger partial charge in [0.25, 0.3) is 0 Å². The summed E-state index contributed by atoms with van der Waals surface area (Å²) in [5, 5.41) is 19.1. The SMILES string of the molecule is Cc1cc(C)c(NC(=O)NCC(O)c2ccsc2)c(Cl)n1. The van der Waals surface area contributed by atoms with E-state index in [4.69, 9.17) is 11.6 Å². The van der Waals surface area contributed by atoms with Gasteiger partial charge >= 0.3 is 6.03 Å². The summed E-state index contributed by atoms with van der Waals surface area (Å²) < 4.78 is 0. The topological polar surface area (TPSA) is 74.2 Å². The number of amides is 2. The molecule has 2 rings (SSSR count). The van der Waals surface area contributed by atoms with Gasteiger partial charge in [-0.25, -0.2) is 9.78 Å². The third-order valence-corrected chi connectivity index (χ3v) is 3.90. The molecule has 3 N–H and O–H groups in total. The van der Waals surface area contributed by atoms with Crippen molar-refractivity contribution in [2.75, 3.05) is 11.9 Å². The zero-order chi connectivity index (χ0) is 15.4. The number of aliphatic hydroxyl groups is 1. The van der Waals surface area contributed by atoms with Gasteiger partial charge in [0.2, 0.25) is 0 Å². The minimum Gasteiger partial charge on any atom is -0.387 e. The van der Waals surface area contributed by atoms with Crippen LogP contribution in [0.5, 0.6) is 0 Å². The van der Waals surface area contributed by atoms with Gasteiger partial charge in [0, 0.05) is 12.2 Å². The number of carbonyl (C=O) groups excluding carboxylic acids is 1. The van der Waals surface area contributed by atoms with Crippen LogP contribution in [-0.2, 0) is 0 Å². The highest BCUT2D eigenvalue weighted by Crippen LogP contribution is 2.24. The molecule has 2 aromatic heterocycles. The summed E-state index contributed by atoms with van der Waals surface area (Å²) in [5.74, 6) is 0. The Hall–Kier alpha value is -1.63. The van der Waals surface area contributed by atoms with Gasteiger partial charge in [-0.3, -0.25) is 0 Å². The van der Waals surface area contributed by atoms with Crippen molar-refractivity contribution in [1.82, 2.24) is 10.3 Å². The van der Waals surface area contributed by atoms with Crippen molar-refractivity contribution < 1.29 is 9.90 Å². The van der Waals surface area contributed by atoms with Crippen molar-refractivity contribution in [3.8, 4) is 0 Å². The highest BCUT2D eigenvalue weighted by Gasteiger charge is 2.13. The Balaban J connectivity index is 1.93. The van der Waals surface area contributed by atoms with Crippen LogP contribution in [0, 0.1) is 13.8 Å². The van der Waals surface area contributed by atoms with Crippen LogP contribution in [0.25, 0.3) is 0 Å². The first-order valence-corrected chi connectivity index (χ1v) is 7.68. The van der Waals surface area contributed by atoms with Crippen LogP contribution in [0.3, 0.4) is 0 Å². The fraction of sp³-hybridized carbons (Fsp3) is 0.286. The van der Waals surface area contributed by atoms with Crippen LogP contribution in [0.15, 0.2) is 22.9 Å². The Morgan fingerprint density at radius 1 is 1.52 bits per heavy atom. The number of aromatic nitrogens is 1. The smallest absolute Gasteiger partial charge is 0.319 e. The molecule has 1 atom stereocenters. The van der Waals surface area contributed by atoms with Crippen molar-refractivity contribution in [2.45, 2.75) is 20.0 Å². The first-order valence-electron chi connectivity index (χ1n) is 6.36. The first-order chi connectivity index (χ1) is 9.97. The van der Waals surface area contributed by atoms with E-state index in [0.29, 0.717) is 5.69 Å². The number of carbonyl (C=O) groups is 1. The molecule has 112 valence electrons. The average Bonchev–Trinajstić information content (AvgIpc) is 2.94. The third-order valence-electron chi connectivity index (χ3n) is 2.92. The van der Waals surface area contributed by atoms with Gasteiger partial charge < -0.3 is 15.7 Å². The molecule has 2 aromatic rings. The lowest BCUT2D eigenvalue weighted by Crippen LogP contribution is -2.32. The molecular weight excluding hydrogens is 310 g/mol. The van der Waals surface area contributed by atoms with Gasteiger partial charge in [0.05, 0.1) is 11.8 Å². The molecule has 0 aliphatic carbocycles. The molecule has 2 amide bonds. The molecule has 0 aromatic carbocycles. The molecule has 0 saturated heterocycles. The van der Waals surface area contributed by atoms with E-state index < -0.39 is 12.1 Å². The Kier molecular flexibility index (Phi) is 5.17. The molecule has 0 saturated carbocycles. The summed E-state index contributed by atoms with van der Waals surface area (Å²) >= 11 is 7.52. The molecule has 0 aliphatic rings. The quantitative estimate of drug-likeness (QED) is 0.755. The van der Waals surface area contributed by atoms with Gasteiger partial charge in [-0.2, -0.15) is 11.3 Å². The molecule has 2 heterocycles. The van der Waals surface area contributed by atoms with Gasteiger partial charge in [0.1, 0.15) is 0 Å². The van der Waals surface area contributed by atoms with E-state index >= 15 is 0 Å². The van der Waals surface area contributed by atoms with Crippen molar-refractivity contribution in [3.63, 3.8) is 0 Å². The number of rotatable bonds is 4. The molecule has 0 fully saturated rings. The van der Waals surface area contributed by atoms with E-state index in [0.717, 1.165) is 16.8 Å². The lowest BCUT2D eigenvalue weighted by Gasteiger charge is -2.13. The standard InChI is InChI=1S/C14H16ClN3O2S/c1-8-5-9(2)17-13(15)12(8)18-14(20)16-6-11(19)10-3-4-21-7-10/h3-5,7,11,19H,6H2,1-2H3,(H2,16,18,20). The minimum absolute atomic E-state index is 0.124. The van der Waals surface area contributed by atoms with Gasteiger partial charge in [0.15, 0.2) is 5.15 Å². The second-order valence-corrected chi connectivity index (χ2v) is 5.79. The monoisotopic (exact) mass is 325 g/mol. The van der Waals surface area contributed by atoms with Crippen molar-refractivity contribution in [3.05, 3.63) is 44.9 Å². The van der Waals surface area contributed by atoms with Crippen LogP contribution in [-0.4, -0.2) is 22.7 Å². The van der Waals surface area contributed by atoms with E-state index in [1.807, 2.05) is 36.7 Å². The Morgan fingerprint density at radius 2 is 2.29 bits per heavy atom. The highest BCUT2D eigenvalue weighted by atomic mass is 35.5. The fourth-order valence-corrected chi connectivity index (χ4v) is 2.91. The maximum atomic E-state index is 11.9. The maximum absolute atomic E-state index is 11.9. The summed E-state index contributed by atoms with van der Waals surface area (Å²) in [4.78, 5) is 16.0. The minimum atomic E-state index is -0.727. The van der Waals surface area contributed by atoms with E-state index in [1.54, 1.807) is 0 Å². The van der Waals surface area contributed by atoms with Crippen LogP contribution in [0.2, 0.25) is 5.15 Å². The number of thiophene rings is 1. The van der Waals surface area contributed by atoms with Crippen LogP contribution >= 0.6 is 22.9 Å². The van der Waals surface area contributed by atoms with Crippen molar-refractivity contribution in [2.24, 2.45) is 0 Å². The lowest BCUT2D eigenvalue weighted by atomic mass is 10.2. The summed E-state index contributed by atoms with van der Waals surface area (Å²) in [7, 11) is 0. The summed E-state index contributed by atoms with van der Waals surface area (Å²) in [6.07, 6.45) is -0.727. The molecule has 7 heteroatoms. The van der Waals surface area contributed by atoms with Gasteiger partial charge in [-0.1, -0.05) is 11.6 Å². The number of nitrogens with one attached hydrogen (secondary N) is 2. The van der Waals surface area contributed by atoms with Gasteiger partial charge in [-0.15, -0.1) is 0 Å². The second kappa shape index (κ2) is 6.89. The molecule has 1 unspecified atom stereocenters. The van der Waals surface area contributed by atoms with E-state index in [2.05, 4.69) is 15.6 Å². The number of anilines is 1. The van der Waals surface area contributed by atoms with Crippen molar-refractivity contribution in [1.29, 1.82) is 0 Å². The molecule has 0 bridgehead atoms. The summed E-state index contributed by atoms with van der Waals surface area (Å²) in [6.45, 7) is 3.80. The number of halogens is 1. The molecule has 21 heavy (non-hydrogen) atoms. The number of aryl methyl sites for hydroxylation is 2. The van der Waals surface area contributed by atoms with Crippen molar-refractivity contribution >= 4 is 34.7 Å². The third kappa shape index (κ3) is 4.17. The Bertz CT molecular complexity index is 608. The molecule has 0 radical (unpaired) electrons. The van der Waals surface area contributed by atoms with Crippen LogP contribution in [0.4, 0.5) is 10.5 Å². The lowest BCUT2D eigenvalue weighted by molar-refractivity contribution is 0.175. The Labute approximate surface area is 132 Å². The number of urea groups is 1. The largest absolute Gasteiger partial charge is 0.387 e. The molecular formula is C14H16ClN3O2S. The number of hydrogen-bond acceptors (Lipinski definition) is 4. The second-order valence-electron chi connectivity index (χ2n) is 4.65. The van der Waals surface area contributed by atoms with Gasteiger partial charge in [-0.05, 0) is 47.9 Å². The van der Waals surface area contributed by atoms with E-state index in [-0.39, 0.29) is 11.7 Å². The van der Waals surface area contributed by atoms with Crippen LogP contribution < -0.4 is 10.6 Å². The highest BCUT2D eigenvalue weighted by molar-refractivity contribution is 7.07. The number of pyridine rings is 1. The van der Waals surface area contributed by atoms with E-state index in [1.165, 1.54) is 11.3 Å². The number of aliphatic hydroxyl groups excluding tert-OH is 1. The zero-order valence-corrected chi connectivity index (χ0v) is 13.3. The predicted molar refractivity (Wildman–Crippen MR) is 85.0 cm³/mol. The molecule has 5 nitrogen and oxygen atoms in total. The molecule has 0 spiro atoms. The first kappa shape index (κ1) is 15.8. The van der Waals surface area contributed by atoms with E-state index in [9.17, 15) is 9.90 Å². The fourth-order valence-electron chi connectivity index (χ4n) is 1.87. The number of hydrogen-bond donors (Lipinski definition) is 3. The normalized spacial score (nSPS) is 12.0. The molecule has 0 aliphatic heterocycles. The maximum Gasteiger partial charge on any atom is 0.319 e. The predicted octanol–water partition coefficient (Wildman–Crippen LogP) is 3.27. The summed E-state index contributed by atoms with van der Waals surface area (Å²) in [6, 6.07) is 3.22. The number of nitrogens with zero attached hydrogens (tertiary/aromatic N) is 1.